The van der Waals surface area contributed by atoms with Crippen LogP contribution in [0, 0.1) is 6.92 Å². The molecule has 1 aromatic carbocycles. The fourth-order valence-corrected chi connectivity index (χ4v) is 3.03. The SMILES string of the molecule is CC[C@H](S[C@@H](C)c1nc(-c2ccccc2C)no1)C(N)=O. The molecule has 0 radical (unpaired) electrons. The van der Waals surface area contributed by atoms with E-state index in [0.29, 0.717) is 18.1 Å². The monoisotopic (exact) mass is 305 g/mol. The van der Waals surface area contributed by atoms with Gasteiger partial charge in [-0.05, 0) is 25.8 Å². The highest BCUT2D eigenvalue weighted by molar-refractivity contribution is 8.00. The van der Waals surface area contributed by atoms with Gasteiger partial charge in [0.05, 0.1) is 10.5 Å². The van der Waals surface area contributed by atoms with Gasteiger partial charge in [-0.1, -0.05) is 36.3 Å². The van der Waals surface area contributed by atoms with Gasteiger partial charge in [-0.3, -0.25) is 4.79 Å². The molecule has 1 heterocycles. The van der Waals surface area contributed by atoms with Gasteiger partial charge in [0.2, 0.25) is 17.6 Å². The van der Waals surface area contributed by atoms with E-state index in [1.807, 2.05) is 45.0 Å². The van der Waals surface area contributed by atoms with E-state index in [2.05, 4.69) is 10.1 Å². The van der Waals surface area contributed by atoms with Crippen molar-refractivity contribution in [2.45, 2.75) is 37.7 Å². The number of amides is 1. The third-order valence-electron chi connectivity index (χ3n) is 3.23. The maximum atomic E-state index is 11.3. The molecule has 6 heteroatoms. The van der Waals surface area contributed by atoms with Crippen molar-refractivity contribution in [2.75, 3.05) is 0 Å². The predicted octanol–water partition coefficient (Wildman–Crippen LogP) is 3.10. The van der Waals surface area contributed by atoms with Crippen LogP contribution >= 0.6 is 11.8 Å². The van der Waals surface area contributed by atoms with E-state index in [1.54, 1.807) is 0 Å². The molecule has 1 aromatic heterocycles. The van der Waals surface area contributed by atoms with Crippen molar-refractivity contribution >= 4 is 17.7 Å². The Morgan fingerprint density at radius 2 is 2.14 bits per heavy atom. The Hall–Kier alpha value is -1.82. The number of aromatic nitrogens is 2. The lowest BCUT2D eigenvalue weighted by atomic mass is 10.1. The normalized spacial score (nSPS) is 13.9. The topological polar surface area (TPSA) is 82.0 Å². The van der Waals surface area contributed by atoms with Crippen molar-refractivity contribution < 1.29 is 9.32 Å². The van der Waals surface area contributed by atoms with Crippen LogP contribution in [0.15, 0.2) is 28.8 Å². The fraction of sp³-hybridized carbons (Fsp3) is 0.400. The van der Waals surface area contributed by atoms with Crippen molar-refractivity contribution in [3.8, 4) is 11.4 Å². The molecule has 0 saturated carbocycles. The zero-order valence-electron chi connectivity index (χ0n) is 12.4. The number of rotatable bonds is 6. The number of hydrogen-bond donors (Lipinski definition) is 1. The third kappa shape index (κ3) is 3.64. The average molecular weight is 305 g/mol. The number of primary amides is 1. The lowest BCUT2D eigenvalue weighted by Crippen LogP contribution is -2.25. The second kappa shape index (κ2) is 6.76. The van der Waals surface area contributed by atoms with E-state index in [1.165, 1.54) is 11.8 Å². The molecule has 1 amide bonds. The summed E-state index contributed by atoms with van der Waals surface area (Å²) in [4.78, 5) is 15.7. The second-order valence-electron chi connectivity index (χ2n) is 4.85. The summed E-state index contributed by atoms with van der Waals surface area (Å²) in [7, 11) is 0. The number of nitrogens with zero attached hydrogens (tertiary/aromatic N) is 2. The first kappa shape index (κ1) is 15.6. The van der Waals surface area contributed by atoms with Crippen LogP contribution in [0.4, 0.5) is 0 Å². The van der Waals surface area contributed by atoms with Gasteiger partial charge in [0.25, 0.3) is 0 Å². The number of carbonyl (C=O) groups is 1. The summed E-state index contributed by atoms with van der Waals surface area (Å²) >= 11 is 1.45. The molecule has 0 aliphatic rings. The molecule has 2 rings (SSSR count). The van der Waals surface area contributed by atoms with Gasteiger partial charge in [-0.15, -0.1) is 11.8 Å². The summed E-state index contributed by atoms with van der Waals surface area (Å²) in [5.41, 5.74) is 7.41. The number of hydrogen-bond acceptors (Lipinski definition) is 5. The molecule has 2 aromatic rings. The van der Waals surface area contributed by atoms with Crippen molar-refractivity contribution in [1.29, 1.82) is 0 Å². The first-order valence-corrected chi connectivity index (χ1v) is 7.81. The molecule has 5 nitrogen and oxygen atoms in total. The van der Waals surface area contributed by atoms with E-state index in [0.717, 1.165) is 11.1 Å². The van der Waals surface area contributed by atoms with Crippen LogP contribution in [0.1, 0.15) is 37.0 Å². The predicted molar refractivity (Wildman–Crippen MR) is 83.8 cm³/mol. The average Bonchev–Trinajstić information content (AvgIpc) is 2.94. The number of thioether (sulfide) groups is 1. The van der Waals surface area contributed by atoms with E-state index in [-0.39, 0.29) is 16.4 Å². The van der Waals surface area contributed by atoms with Crippen molar-refractivity contribution in [3.63, 3.8) is 0 Å². The molecular weight excluding hydrogens is 286 g/mol. The van der Waals surface area contributed by atoms with Crippen molar-refractivity contribution in [2.24, 2.45) is 5.73 Å². The molecule has 0 bridgehead atoms. The summed E-state index contributed by atoms with van der Waals surface area (Å²) in [6.07, 6.45) is 0.684. The van der Waals surface area contributed by atoms with E-state index < -0.39 is 0 Å². The van der Waals surface area contributed by atoms with Crippen molar-refractivity contribution in [1.82, 2.24) is 10.1 Å². The van der Waals surface area contributed by atoms with Gasteiger partial charge in [-0.25, -0.2) is 0 Å². The molecule has 0 spiro atoms. The fourth-order valence-electron chi connectivity index (χ4n) is 2.00. The minimum atomic E-state index is -0.312. The lowest BCUT2D eigenvalue weighted by Gasteiger charge is -2.13. The van der Waals surface area contributed by atoms with E-state index in [9.17, 15) is 4.79 Å². The van der Waals surface area contributed by atoms with Crippen LogP contribution < -0.4 is 5.73 Å². The largest absolute Gasteiger partial charge is 0.369 e. The first-order valence-electron chi connectivity index (χ1n) is 6.87. The van der Waals surface area contributed by atoms with E-state index in [4.69, 9.17) is 10.3 Å². The molecule has 0 aliphatic heterocycles. The second-order valence-corrected chi connectivity index (χ2v) is 6.40. The highest BCUT2D eigenvalue weighted by atomic mass is 32.2. The van der Waals surface area contributed by atoms with Gasteiger partial charge >= 0.3 is 0 Å². The van der Waals surface area contributed by atoms with Gasteiger partial charge in [0, 0.05) is 5.56 Å². The van der Waals surface area contributed by atoms with Crippen LogP contribution in [0.2, 0.25) is 0 Å². The van der Waals surface area contributed by atoms with Gasteiger partial charge < -0.3 is 10.3 Å². The van der Waals surface area contributed by atoms with Gasteiger partial charge in [0.15, 0.2) is 0 Å². The summed E-state index contributed by atoms with van der Waals surface area (Å²) in [6.45, 7) is 5.87. The standard InChI is InChI=1S/C15H19N3O2S/c1-4-12(13(16)19)21-10(3)15-17-14(18-20-15)11-8-6-5-7-9(11)2/h5-8,10,12H,4H2,1-3H3,(H2,16,19)/t10-,12-/m0/s1. The maximum absolute atomic E-state index is 11.3. The number of carbonyl (C=O) groups excluding carboxylic acids is 1. The zero-order chi connectivity index (χ0) is 15.4. The maximum Gasteiger partial charge on any atom is 0.239 e. The Bertz CT molecular complexity index is 627. The van der Waals surface area contributed by atoms with Crippen LogP contribution in [0.5, 0.6) is 0 Å². The first-order chi connectivity index (χ1) is 10.0. The molecular formula is C15H19N3O2S. The smallest absolute Gasteiger partial charge is 0.239 e. The highest BCUT2D eigenvalue weighted by Crippen LogP contribution is 2.33. The summed E-state index contributed by atoms with van der Waals surface area (Å²) in [6, 6.07) is 7.87. The number of benzene rings is 1. The molecule has 112 valence electrons. The zero-order valence-corrected chi connectivity index (χ0v) is 13.2. The Labute approximate surface area is 128 Å². The number of nitrogens with two attached hydrogens (primary N) is 1. The minimum Gasteiger partial charge on any atom is -0.369 e. The Morgan fingerprint density at radius 1 is 1.43 bits per heavy atom. The third-order valence-corrected chi connectivity index (χ3v) is 4.74. The molecule has 2 N–H and O–H groups in total. The van der Waals surface area contributed by atoms with Gasteiger partial charge in [0.1, 0.15) is 0 Å². The Morgan fingerprint density at radius 3 is 2.76 bits per heavy atom. The summed E-state index contributed by atoms with van der Waals surface area (Å²) in [5, 5.41) is 3.71. The van der Waals surface area contributed by atoms with Crippen LogP contribution in [-0.4, -0.2) is 21.3 Å². The molecule has 0 aliphatic carbocycles. The lowest BCUT2D eigenvalue weighted by molar-refractivity contribution is -0.117. The van der Waals surface area contributed by atoms with Crippen LogP contribution in [0.3, 0.4) is 0 Å². The molecule has 0 saturated heterocycles. The minimum absolute atomic E-state index is 0.0762. The molecule has 2 atom stereocenters. The van der Waals surface area contributed by atoms with Crippen LogP contribution in [0.25, 0.3) is 11.4 Å². The van der Waals surface area contributed by atoms with E-state index >= 15 is 0 Å². The quantitative estimate of drug-likeness (QED) is 0.886. The van der Waals surface area contributed by atoms with Crippen molar-refractivity contribution in [3.05, 3.63) is 35.7 Å². The molecule has 0 unspecified atom stereocenters. The Kier molecular flexibility index (Phi) is 5.01. The van der Waals surface area contributed by atoms with Gasteiger partial charge in [-0.2, -0.15) is 4.98 Å². The van der Waals surface area contributed by atoms with Crippen LogP contribution in [-0.2, 0) is 4.79 Å². The summed E-state index contributed by atoms with van der Waals surface area (Å²) in [5.74, 6) is 0.772. The molecule has 0 fully saturated rings. The highest BCUT2D eigenvalue weighted by Gasteiger charge is 2.22. The molecule has 21 heavy (non-hydrogen) atoms. The summed E-state index contributed by atoms with van der Waals surface area (Å²) < 4.78 is 5.33. The number of aryl methyl sites for hydroxylation is 1. The Balaban J connectivity index is 2.16.